The van der Waals surface area contributed by atoms with E-state index in [-0.39, 0.29) is 5.95 Å². The minimum Gasteiger partial charge on any atom is -0.497 e. The molecule has 0 bridgehead atoms. The first-order valence-corrected chi connectivity index (χ1v) is 6.83. The lowest BCUT2D eigenvalue weighted by Gasteiger charge is -2.07. The molecule has 20 heavy (non-hydrogen) atoms. The van der Waals surface area contributed by atoms with Gasteiger partial charge < -0.3 is 15.2 Å². The second kappa shape index (κ2) is 4.97. The van der Waals surface area contributed by atoms with Gasteiger partial charge in [0.2, 0.25) is 11.8 Å². The van der Waals surface area contributed by atoms with Crippen LogP contribution in [0.15, 0.2) is 30.3 Å². The molecule has 1 aromatic carbocycles. The molecule has 102 valence electrons. The number of aromatic nitrogens is 2. The molecule has 0 fully saturated rings. The number of hydrogen-bond donors (Lipinski definition) is 1. The largest absolute Gasteiger partial charge is 0.497 e. The highest BCUT2D eigenvalue weighted by Crippen LogP contribution is 2.33. The molecule has 2 heterocycles. The van der Waals surface area contributed by atoms with Crippen LogP contribution in [0.1, 0.15) is 4.88 Å². The molecule has 0 radical (unpaired) electrons. The molecule has 3 aromatic rings. The first kappa shape index (κ1) is 12.7. The highest BCUT2D eigenvalue weighted by Gasteiger charge is 2.11. The summed E-state index contributed by atoms with van der Waals surface area (Å²) < 4.78 is 10.9. The number of fused-ring (bicyclic) bond motifs is 1. The van der Waals surface area contributed by atoms with E-state index in [1.165, 1.54) is 0 Å². The number of ether oxygens (including phenoxy) is 2. The molecule has 0 spiro atoms. The summed E-state index contributed by atoms with van der Waals surface area (Å²) in [5, 5.41) is 0.873. The van der Waals surface area contributed by atoms with Crippen LogP contribution >= 0.6 is 11.3 Å². The van der Waals surface area contributed by atoms with Crippen molar-refractivity contribution in [3.63, 3.8) is 0 Å². The summed E-state index contributed by atoms with van der Waals surface area (Å²) in [5.74, 6) is 2.13. The molecular formula is C14H13N3O2S. The zero-order valence-electron chi connectivity index (χ0n) is 11.1. The summed E-state index contributed by atoms with van der Waals surface area (Å²) in [6, 6.07) is 9.30. The van der Waals surface area contributed by atoms with Gasteiger partial charge in [0.05, 0.1) is 12.5 Å². The number of benzene rings is 1. The fourth-order valence-corrected chi connectivity index (χ4v) is 2.74. The third kappa shape index (κ3) is 2.37. The van der Waals surface area contributed by atoms with Crippen LogP contribution in [0, 0.1) is 6.92 Å². The van der Waals surface area contributed by atoms with Crippen LogP contribution in [0.2, 0.25) is 0 Å². The highest BCUT2D eigenvalue weighted by atomic mass is 32.1. The van der Waals surface area contributed by atoms with E-state index < -0.39 is 0 Å². The lowest BCUT2D eigenvalue weighted by molar-refractivity contribution is 0.412. The Morgan fingerprint density at radius 1 is 1.10 bits per heavy atom. The first-order valence-electron chi connectivity index (χ1n) is 6.01. The second-order valence-corrected chi connectivity index (χ2v) is 5.48. The lowest BCUT2D eigenvalue weighted by atomic mass is 10.3. The van der Waals surface area contributed by atoms with Gasteiger partial charge in [0.15, 0.2) is 0 Å². The van der Waals surface area contributed by atoms with E-state index in [9.17, 15) is 0 Å². The van der Waals surface area contributed by atoms with Gasteiger partial charge in [-0.2, -0.15) is 4.98 Å². The molecule has 3 rings (SSSR count). The van der Waals surface area contributed by atoms with Gasteiger partial charge in [0, 0.05) is 4.88 Å². The average Bonchev–Trinajstić information content (AvgIpc) is 2.80. The fraction of sp³-hybridized carbons (Fsp3) is 0.143. The smallest absolute Gasteiger partial charge is 0.232 e. The van der Waals surface area contributed by atoms with Crippen molar-refractivity contribution >= 4 is 27.5 Å². The van der Waals surface area contributed by atoms with Crippen LogP contribution in [0.4, 0.5) is 5.95 Å². The van der Waals surface area contributed by atoms with Gasteiger partial charge in [-0.3, -0.25) is 0 Å². The van der Waals surface area contributed by atoms with Crippen LogP contribution in [-0.4, -0.2) is 17.1 Å². The number of rotatable bonds is 3. The van der Waals surface area contributed by atoms with E-state index in [4.69, 9.17) is 15.2 Å². The quantitative estimate of drug-likeness (QED) is 0.799. The van der Waals surface area contributed by atoms with Gasteiger partial charge in [-0.15, -0.1) is 11.3 Å². The van der Waals surface area contributed by atoms with E-state index >= 15 is 0 Å². The maximum Gasteiger partial charge on any atom is 0.232 e. The van der Waals surface area contributed by atoms with Gasteiger partial charge in [-0.25, -0.2) is 4.98 Å². The van der Waals surface area contributed by atoms with Crippen molar-refractivity contribution in [1.29, 1.82) is 0 Å². The van der Waals surface area contributed by atoms with Crippen LogP contribution in [0.3, 0.4) is 0 Å². The predicted octanol–water partition coefficient (Wildman–Crippen LogP) is 3.38. The standard InChI is InChI=1S/C14H13N3O2S/c1-8-7-11-12(16-14(15)17-13(11)20-8)19-10-5-3-9(18-2)4-6-10/h3-7H,1-2H3,(H2,15,16,17). The number of anilines is 1. The molecule has 6 heteroatoms. The number of nitrogens with two attached hydrogens (primary N) is 1. The summed E-state index contributed by atoms with van der Waals surface area (Å²) in [6.07, 6.45) is 0. The Morgan fingerprint density at radius 3 is 2.50 bits per heavy atom. The summed E-state index contributed by atoms with van der Waals surface area (Å²) in [5.41, 5.74) is 5.72. The van der Waals surface area contributed by atoms with Gasteiger partial charge in [0.25, 0.3) is 0 Å². The van der Waals surface area contributed by atoms with Gasteiger partial charge >= 0.3 is 0 Å². The Morgan fingerprint density at radius 2 is 1.80 bits per heavy atom. The van der Waals surface area contributed by atoms with E-state index in [0.717, 1.165) is 20.8 Å². The number of thiophene rings is 1. The summed E-state index contributed by atoms with van der Waals surface area (Å²) in [4.78, 5) is 10.4. The summed E-state index contributed by atoms with van der Waals surface area (Å²) in [6.45, 7) is 2.01. The van der Waals surface area contributed by atoms with Crippen LogP contribution in [0.5, 0.6) is 17.4 Å². The molecule has 0 aliphatic rings. The molecule has 0 unspecified atom stereocenters. The van der Waals surface area contributed by atoms with Gasteiger partial charge in [-0.1, -0.05) is 0 Å². The maximum atomic E-state index is 5.81. The minimum absolute atomic E-state index is 0.211. The normalized spacial score (nSPS) is 10.7. The van der Waals surface area contributed by atoms with Crippen molar-refractivity contribution in [3.05, 3.63) is 35.2 Å². The predicted molar refractivity (Wildman–Crippen MR) is 79.6 cm³/mol. The van der Waals surface area contributed by atoms with Crippen LogP contribution in [-0.2, 0) is 0 Å². The molecule has 0 saturated heterocycles. The molecule has 2 aromatic heterocycles. The van der Waals surface area contributed by atoms with Crippen LogP contribution in [0.25, 0.3) is 10.2 Å². The van der Waals surface area contributed by atoms with Crippen molar-refractivity contribution in [2.24, 2.45) is 0 Å². The molecule has 2 N–H and O–H groups in total. The number of aryl methyl sites for hydroxylation is 1. The minimum atomic E-state index is 0.211. The molecule has 0 saturated carbocycles. The Bertz CT molecular complexity index is 753. The van der Waals surface area contributed by atoms with Crippen molar-refractivity contribution in [1.82, 2.24) is 9.97 Å². The summed E-state index contributed by atoms with van der Waals surface area (Å²) >= 11 is 1.57. The topological polar surface area (TPSA) is 70.3 Å². The molecule has 0 atom stereocenters. The Kier molecular flexibility index (Phi) is 3.15. The molecule has 0 aliphatic carbocycles. The van der Waals surface area contributed by atoms with Gasteiger partial charge in [-0.05, 0) is 37.3 Å². The van der Waals surface area contributed by atoms with Gasteiger partial charge in [0.1, 0.15) is 16.3 Å². The second-order valence-electron chi connectivity index (χ2n) is 4.24. The Balaban J connectivity index is 2.00. The van der Waals surface area contributed by atoms with E-state index in [2.05, 4.69) is 9.97 Å². The third-order valence-corrected chi connectivity index (χ3v) is 3.72. The number of nitrogen functional groups attached to an aromatic ring is 1. The SMILES string of the molecule is COc1ccc(Oc2nc(N)nc3sc(C)cc23)cc1. The van der Waals surface area contributed by atoms with E-state index in [0.29, 0.717) is 11.6 Å². The van der Waals surface area contributed by atoms with Crippen molar-refractivity contribution < 1.29 is 9.47 Å². The number of methoxy groups -OCH3 is 1. The number of nitrogens with zero attached hydrogens (tertiary/aromatic N) is 2. The maximum absolute atomic E-state index is 5.81. The van der Waals surface area contributed by atoms with Crippen molar-refractivity contribution in [2.75, 3.05) is 12.8 Å². The number of hydrogen-bond acceptors (Lipinski definition) is 6. The molecular weight excluding hydrogens is 274 g/mol. The lowest BCUT2D eigenvalue weighted by Crippen LogP contribution is -1.97. The van der Waals surface area contributed by atoms with Crippen molar-refractivity contribution in [3.8, 4) is 17.4 Å². The highest BCUT2D eigenvalue weighted by molar-refractivity contribution is 7.18. The Labute approximate surface area is 120 Å². The Hall–Kier alpha value is -2.34. The van der Waals surface area contributed by atoms with Crippen molar-refractivity contribution in [2.45, 2.75) is 6.92 Å². The zero-order chi connectivity index (χ0) is 14.1. The third-order valence-electron chi connectivity index (χ3n) is 2.77. The first-order chi connectivity index (χ1) is 9.65. The van der Waals surface area contributed by atoms with Crippen LogP contribution < -0.4 is 15.2 Å². The van der Waals surface area contributed by atoms with E-state index in [1.54, 1.807) is 18.4 Å². The zero-order valence-corrected chi connectivity index (χ0v) is 11.9. The molecule has 0 amide bonds. The summed E-state index contributed by atoms with van der Waals surface area (Å²) in [7, 11) is 1.62. The van der Waals surface area contributed by atoms with E-state index in [1.807, 2.05) is 37.3 Å². The fourth-order valence-electron chi connectivity index (χ4n) is 1.86. The monoisotopic (exact) mass is 287 g/mol. The average molecular weight is 287 g/mol. The molecule has 0 aliphatic heterocycles. The molecule has 5 nitrogen and oxygen atoms in total.